The van der Waals surface area contributed by atoms with Crippen molar-refractivity contribution in [3.63, 3.8) is 0 Å². The van der Waals surface area contributed by atoms with Gasteiger partial charge in [0.15, 0.2) is 0 Å². The number of aryl methyl sites for hydroxylation is 1. The second-order valence-corrected chi connectivity index (χ2v) is 6.33. The molecule has 1 aliphatic rings. The Hall–Kier alpha value is -2.07. The first-order valence-corrected chi connectivity index (χ1v) is 8.02. The van der Waals surface area contributed by atoms with E-state index in [1.54, 1.807) is 0 Å². The van der Waals surface area contributed by atoms with Crippen molar-refractivity contribution < 1.29 is 14.7 Å². The molecule has 1 aromatic rings. The van der Waals surface area contributed by atoms with Gasteiger partial charge in [0.1, 0.15) is 17.6 Å². The number of nitriles is 1. The molecule has 2 rings (SSSR count). The maximum absolute atomic E-state index is 11.5. The molecule has 116 valence electrons. The van der Waals surface area contributed by atoms with E-state index in [-0.39, 0.29) is 11.7 Å². The summed E-state index contributed by atoms with van der Waals surface area (Å²) in [5, 5.41) is 20.6. The maximum atomic E-state index is 11.5. The molecule has 7 heteroatoms. The van der Waals surface area contributed by atoms with Crippen LogP contribution in [0.1, 0.15) is 30.2 Å². The average Bonchev–Trinajstić information content (AvgIpc) is 2.49. The molecule has 0 spiro atoms. The summed E-state index contributed by atoms with van der Waals surface area (Å²) in [7, 11) is 0. The van der Waals surface area contributed by atoms with E-state index in [1.165, 1.54) is 11.8 Å². The second-order valence-electron chi connectivity index (χ2n) is 5.37. The van der Waals surface area contributed by atoms with Crippen LogP contribution in [0.4, 0.5) is 0 Å². The molecule has 0 aromatic carbocycles. The third-order valence-corrected chi connectivity index (χ3v) is 4.49. The normalized spacial score (nSPS) is 16.5. The maximum Gasteiger partial charge on any atom is 0.322 e. The molecule has 1 atom stereocenters. The number of nitrogens with zero attached hydrogens (tertiary/aromatic N) is 2. The summed E-state index contributed by atoms with van der Waals surface area (Å²) in [6, 6.07) is 4.00. The van der Waals surface area contributed by atoms with Crippen LogP contribution in [0.15, 0.2) is 11.1 Å². The number of carbonyl (C=O) groups excluding carboxylic acids is 1. The van der Waals surface area contributed by atoms with E-state index in [0.717, 1.165) is 30.5 Å². The molecule has 0 radical (unpaired) electrons. The van der Waals surface area contributed by atoms with Crippen LogP contribution < -0.4 is 5.32 Å². The van der Waals surface area contributed by atoms with E-state index in [0.29, 0.717) is 16.5 Å². The van der Waals surface area contributed by atoms with Gasteiger partial charge in [0.2, 0.25) is 5.91 Å². The minimum absolute atomic E-state index is 0.0458. The zero-order valence-electron chi connectivity index (χ0n) is 12.3. The summed E-state index contributed by atoms with van der Waals surface area (Å²) in [6.07, 6.45) is 2.90. The largest absolute Gasteiger partial charge is 0.480 e. The molecule has 0 aliphatic heterocycles. The van der Waals surface area contributed by atoms with Gasteiger partial charge in [0.05, 0.1) is 11.3 Å². The van der Waals surface area contributed by atoms with Crippen LogP contribution in [-0.4, -0.2) is 34.3 Å². The van der Waals surface area contributed by atoms with Gasteiger partial charge in [0.25, 0.3) is 0 Å². The Morgan fingerprint density at radius 1 is 1.59 bits per heavy atom. The zero-order chi connectivity index (χ0) is 16.1. The fourth-order valence-corrected chi connectivity index (χ4v) is 3.18. The van der Waals surface area contributed by atoms with Crippen LogP contribution in [0.2, 0.25) is 0 Å². The van der Waals surface area contributed by atoms with Crippen LogP contribution in [0, 0.1) is 17.2 Å². The van der Waals surface area contributed by atoms with Gasteiger partial charge in [-0.1, -0.05) is 18.7 Å². The van der Waals surface area contributed by atoms with Crippen LogP contribution in [-0.2, 0) is 22.4 Å². The van der Waals surface area contributed by atoms with Gasteiger partial charge in [-0.3, -0.25) is 9.59 Å². The Morgan fingerprint density at radius 3 is 3.05 bits per heavy atom. The van der Waals surface area contributed by atoms with Crippen molar-refractivity contribution in [1.82, 2.24) is 10.3 Å². The van der Waals surface area contributed by atoms with Crippen molar-refractivity contribution in [2.75, 3.05) is 12.3 Å². The predicted octanol–water partition coefficient (Wildman–Crippen LogP) is 1.37. The fraction of sp³-hybridized carbons (Fsp3) is 0.467. The van der Waals surface area contributed by atoms with Gasteiger partial charge in [-0.2, -0.15) is 5.26 Å². The number of aromatic nitrogens is 1. The van der Waals surface area contributed by atoms with Crippen molar-refractivity contribution in [1.29, 1.82) is 5.26 Å². The second kappa shape index (κ2) is 7.27. The summed E-state index contributed by atoms with van der Waals surface area (Å²) in [4.78, 5) is 26.5. The molecule has 22 heavy (non-hydrogen) atoms. The molecular formula is C15H17N3O3S. The molecule has 1 aromatic heterocycles. The van der Waals surface area contributed by atoms with Crippen LogP contribution in [0.3, 0.4) is 0 Å². The summed E-state index contributed by atoms with van der Waals surface area (Å²) in [6.45, 7) is 1.78. The molecule has 2 N–H and O–H groups in total. The van der Waals surface area contributed by atoms with E-state index in [2.05, 4.69) is 23.3 Å². The van der Waals surface area contributed by atoms with Crippen molar-refractivity contribution in [2.24, 2.45) is 5.92 Å². The van der Waals surface area contributed by atoms with Crippen LogP contribution in [0.5, 0.6) is 0 Å². The first-order chi connectivity index (χ1) is 10.5. The van der Waals surface area contributed by atoms with E-state index < -0.39 is 12.5 Å². The lowest BCUT2D eigenvalue weighted by Gasteiger charge is -2.21. The Bertz CT molecular complexity index is 640. The summed E-state index contributed by atoms with van der Waals surface area (Å²) in [5.41, 5.74) is 2.60. The third kappa shape index (κ3) is 4.21. The van der Waals surface area contributed by atoms with Crippen molar-refractivity contribution in [3.05, 3.63) is 22.9 Å². The van der Waals surface area contributed by atoms with Crippen molar-refractivity contribution in [2.45, 2.75) is 31.2 Å². The predicted molar refractivity (Wildman–Crippen MR) is 81.5 cm³/mol. The summed E-state index contributed by atoms with van der Waals surface area (Å²) < 4.78 is 0. The van der Waals surface area contributed by atoms with E-state index in [4.69, 9.17) is 5.11 Å². The van der Waals surface area contributed by atoms with Crippen LogP contribution in [0.25, 0.3) is 0 Å². The van der Waals surface area contributed by atoms with E-state index in [1.807, 2.05) is 6.07 Å². The number of nitrogens with one attached hydrogen (secondary N) is 1. The quantitative estimate of drug-likeness (QED) is 0.795. The molecule has 0 saturated heterocycles. The van der Waals surface area contributed by atoms with Gasteiger partial charge < -0.3 is 10.4 Å². The molecule has 1 amide bonds. The molecule has 6 nitrogen and oxygen atoms in total. The fourth-order valence-electron chi connectivity index (χ4n) is 2.38. The number of rotatable bonds is 5. The lowest BCUT2D eigenvalue weighted by molar-refractivity contribution is -0.137. The smallest absolute Gasteiger partial charge is 0.322 e. The highest BCUT2D eigenvalue weighted by molar-refractivity contribution is 8.00. The van der Waals surface area contributed by atoms with Crippen LogP contribution >= 0.6 is 11.8 Å². The molecule has 1 aliphatic carbocycles. The highest BCUT2D eigenvalue weighted by Gasteiger charge is 2.19. The lowest BCUT2D eigenvalue weighted by atomic mass is 9.87. The van der Waals surface area contributed by atoms with Gasteiger partial charge >= 0.3 is 5.97 Å². The Labute approximate surface area is 132 Å². The number of carbonyl (C=O) groups is 2. The Morgan fingerprint density at radius 2 is 2.36 bits per heavy atom. The number of amides is 1. The minimum atomic E-state index is -1.09. The number of aliphatic carboxylic acids is 1. The number of pyridine rings is 1. The zero-order valence-corrected chi connectivity index (χ0v) is 13.1. The number of thioether (sulfide) groups is 1. The highest BCUT2D eigenvalue weighted by Crippen LogP contribution is 2.29. The standard InChI is InChI=1S/C15H17N3O3S/c1-9-2-3-12-10(4-9)5-11(6-16)15(18-12)22-8-13(19)17-7-14(20)21/h5,9H,2-4,7-8H2,1H3,(H,17,19)(H,20,21). The van der Waals surface area contributed by atoms with Gasteiger partial charge in [0, 0.05) is 5.69 Å². The SMILES string of the molecule is CC1CCc2nc(SCC(=O)NCC(=O)O)c(C#N)cc2C1. The molecule has 0 bridgehead atoms. The van der Waals surface area contributed by atoms with Crippen molar-refractivity contribution in [3.8, 4) is 6.07 Å². The highest BCUT2D eigenvalue weighted by atomic mass is 32.2. The Kier molecular flexibility index (Phi) is 5.39. The molecule has 1 heterocycles. The molecule has 0 fully saturated rings. The number of carboxylic acids is 1. The molecular weight excluding hydrogens is 302 g/mol. The van der Waals surface area contributed by atoms with E-state index >= 15 is 0 Å². The first kappa shape index (κ1) is 16.3. The van der Waals surface area contributed by atoms with Gasteiger partial charge in [-0.15, -0.1) is 0 Å². The summed E-state index contributed by atoms with van der Waals surface area (Å²) >= 11 is 1.17. The van der Waals surface area contributed by atoms with E-state index in [9.17, 15) is 14.9 Å². The monoisotopic (exact) mass is 319 g/mol. The number of hydrogen-bond acceptors (Lipinski definition) is 5. The van der Waals surface area contributed by atoms with Gasteiger partial charge in [-0.05, 0) is 36.8 Å². The summed E-state index contributed by atoms with van der Waals surface area (Å²) in [5.74, 6) is -0.827. The molecule has 1 unspecified atom stereocenters. The number of fused-ring (bicyclic) bond motifs is 1. The van der Waals surface area contributed by atoms with Crippen molar-refractivity contribution >= 4 is 23.6 Å². The number of carboxylic acid groups (broad SMARTS) is 1. The minimum Gasteiger partial charge on any atom is -0.480 e. The average molecular weight is 319 g/mol. The lowest BCUT2D eigenvalue weighted by Crippen LogP contribution is -2.30. The van der Waals surface area contributed by atoms with Gasteiger partial charge in [-0.25, -0.2) is 4.98 Å². The third-order valence-electron chi connectivity index (χ3n) is 3.50. The number of hydrogen-bond donors (Lipinski definition) is 2. The topological polar surface area (TPSA) is 103 Å². The molecule has 0 saturated carbocycles. The first-order valence-electron chi connectivity index (χ1n) is 7.03. The Balaban J connectivity index is 2.06.